The predicted molar refractivity (Wildman–Crippen MR) is 83.1 cm³/mol. The lowest BCUT2D eigenvalue weighted by atomic mass is 10.00. The molecule has 0 amide bonds. The zero-order chi connectivity index (χ0) is 14.2. The van der Waals surface area contributed by atoms with Crippen LogP contribution >= 0.6 is 0 Å². The molecule has 0 aliphatic rings. The fourth-order valence-corrected chi connectivity index (χ4v) is 2.58. The summed E-state index contributed by atoms with van der Waals surface area (Å²) in [5, 5.41) is 1.66. The number of rotatable bonds is 1. The molecule has 2 aromatic heterocycles. The zero-order valence-corrected chi connectivity index (χ0v) is 11.1. The van der Waals surface area contributed by atoms with Gasteiger partial charge in [-0.3, -0.25) is 9.78 Å². The molecule has 2 heterocycles. The number of hydrogen-bond donors (Lipinski definition) is 1. The van der Waals surface area contributed by atoms with Gasteiger partial charge in [-0.2, -0.15) is 0 Å². The number of para-hydroxylation sites is 1. The lowest BCUT2D eigenvalue weighted by Gasteiger charge is -2.07. The number of aromatic amines is 1. The summed E-state index contributed by atoms with van der Waals surface area (Å²) in [6, 6.07) is 15.7. The predicted octanol–water partition coefficient (Wildman–Crippen LogP) is 3.14. The quantitative estimate of drug-likeness (QED) is 0.579. The van der Waals surface area contributed by atoms with Gasteiger partial charge in [0.05, 0.1) is 22.7 Å². The van der Waals surface area contributed by atoms with Crippen molar-refractivity contribution < 1.29 is 0 Å². The molecule has 0 unspecified atom stereocenters. The van der Waals surface area contributed by atoms with E-state index in [-0.39, 0.29) is 5.56 Å². The molecular weight excluding hydrogens is 262 g/mol. The molecule has 0 saturated heterocycles. The zero-order valence-electron chi connectivity index (χ0n) is 11.1. The van der Waals surface area contributed by atoms with Crippen LogP contribution in [0.4, 0.5) is 0 Å². The van der Waals surface area contributed by atoms with Crippen LogP contribution in [-0.4, -0.2) is 15.0 Å². The van der Waals surface area contributed by atoms with Crippen LogP contribution in [-0.2, 0) is 0 Å². The van der Waals surface area contributed by atoms with Gasteiger partial charge in [0, 0.05) is 11.6 Å². The molecule has 4 aromatic rings. The average Bonchev–Trinajstić information content (AvgIpc) is 2.54. The molecule has 0 saturated carbocycles. The van der Waals surface area contributed by atoms with Crippen LogP contribution in [0.15, 0.2) is 65.8 Å². The molecular formula is C17H11N3O. The molecule has 0 atom stereocenters. The van der Waals surface area contributed by atoms with E-state index in [1.165, 1.54) is 6.33 Å². The van der Waals surface area contributed by atoms with Gasteiger partial charge < -0.3 is 4.98 Å². The van der Waals surface area contributed by atoms with E-state index in [0.717, 1.165) is 22.0 Å². The third-order valence-corrected chi connectivity index (χ3v) is 3.60. The minimum absolute atomic E-state index is 0.125. The first-order chi connectivity index (χ1) is 10.3. The molecule has 0 aliphatic heterocycles. The van der Waals surface area contributed by atoms with Gasteiger partial charge >= 0.3 is 0 Å². The Morgan fingerprint density at radius 1 is 0.857 bits per heavy atom. The maximum absolute atomic E-state index is 11.9. The third kappa shape index (κ3) is 1.89. The van der Waals surface area contributed by atoms with E-state index in [1.807, 2.05) is 48.5 Å². The summed E-state index contributed by atoms with van der Waals surface area (Å²) < 4.78 is 0. The second kappa shape index (κ2) is 4.52. The first-order valence-corrected chi connectivity index (χ1v) is 6.64. The Hall–Kier alpha value is -3.01. The molecule has 0 radical (unpaired) electrons. The van der Waals surface area contributed by atoms with Gasteiger partial charge in [0.1, 0.15) is 0 Å². The minimum Gasteiger partial charge on any atom is -0.313 e. The Labute approximate surface area is 120 Å². The molecule has 0 fully saturated rings. The third-order valence-electron chi connectivity index (χ3n) is 3.60. The first-order valence-electron chi connectivity index (χ1n) is 6.64. The van der Waals surface area contributed by atoms with Crippen LogP contribution in [0.25, 0.3) is 32.9 Å². The summed E-state index contributed by atoms with van der Waals surface area (Å²) in [5.74, 6) is 0. The Balaban J connectivity index is 2.05. The lowest BCUT2D eigenvalue weighted by Crippen LogP contribution is -2.06. The first kappa shape index (κ1) is 11.8. The topological polar surface area (TPSA) is 58.6 Å². The van der Waals surface area contributed by atoms with Crippen LogP contribution in [0.3, 0.4) is 0 Å². The van der Waals surface area contributed by atoms with Crippen LogP contribution < -0.4 is 5.56 Å². The van der Waals surface area contributed by atoms with E-state index in [9.17, 15) is 4.79 Å². The monoisotopic (exact) mass is 273 g/mol. The van der Waals surface area contributed by atoms with Crippen molar-refractivity contribution in [2.24, 2.45) is 0 Å². The standard InChI is InChI=1S/C17H11N3O/c21-17-14-9-11(5-6-16(14)19-10-20-17)12-7-8-18-15-4-2-1-3-13(12)15/h1-10H,(H,19,20,21). The molecule has 100 valence electrons. The number of fused-ring (bicyclic) bond motifs is 2. The number of hydrogen-bond acceptors (Lipinski definition) is 3. The summed E-state index contributed by atoms with van der Waals surface area (Å²) >= 11 is 0. The van der Waals surface area contributed by atoms with E-state index >= 15 is 0 Å². The van der Waals surface area contributed by atoms with Crippen LogP contribution in [0.2, 0.25) is 0 Å². The van der Waals surface area contributed by atoms with Crippen LogP contribution in [0.5, 0.6) is 0 Å². The van der Waals surface area contributed by atoms with Gasteiger partial charge in [-0.1, -0.05) is 24.3 Å². The summed E-state index contributed by atoms with van der Waals surface area (Å²) in [7, 11) is 0. The molecule has 0 bridgehead atoms. The van der Waals surface area contributed by atoms with Crippen molar-refractivity contribution >= 4 is 21.8 Å². The van der Waals surface area contributed by atoms with Crippen molar-refractivity contribution in [3.05, 3.63) is 71.4 Å². The second-order valence-corrected chi connectivity index (χ2v) is 4.84. The molecule has 1 N–H and O–H groups in total. The molecule has 4 rings (SSSR count). The molecule has 21 heavy (non-hydrogen) atoms. The van der Waals surface area contributed by atoms with E-state index in [0.29, 0.717) is 10.9 Å². The van der Waals surface area contributed by atoms with Crippen molar-refractivity contribution in [2.75, 3.05) is 0 Å². The summed E-state index contributed by atoms with van der Waals surface area (Å²) in [6.45, 7) is 0. The lowest BCUT2D eigenvalue weighted by molar-refractivity contribution is 1.17. The largest absolute Gasteiger partial charge is 0.313 e. The number of H-pyrrole nitrogens is 1. The average molecular weight is 273 g/mol. The summed E-state index contributed by atoms with van der Waals surface area (Å²) in [4.78, 5) is 23.1. The summed E-state index contributed by atoms with van der Waals surface area (Å²) in [5.41, 5.74) is 3.56. The summed E-state index contributed by atoms with van der Waals surface area (Å²) in [6.07, 6.45) is 3.21. The van der Waals surface area contributed by atoms with Crippen molar-refractivity contribution in [3.63, 3.8) is 0 Å². The number of aromatic nitrogens is 3. The fourth-order valence-electron chi connectivity index (χ4n) is 2.58. The number of nitrogens with zero attached hydrogens (tertiary/aromatic N) is 2. The number of pyridine rings is 1. The molecule has 4 heteroatoms. The van der Waals surface area contributed by atoms with Crippen molar-refractivity contribution in [1.82, 2.24) is 15.0 Å². The van der Waals surface area contributed by atoms with Gasteiger partial charge in [0.15, 0.2) is 0 Å². The van der Waals surface area contributed by atoms with Gasteiger partial charge in [-0.05, 0) is 35.4 Å². The van der Waals surface area contributed by atoms with Gasteiger partial charge in [0.2, 0.25) is 0 Å². The fraction of sp³-hybridized carbons (Fsp3) is 0. The van der Waals surface area contributed by atoms with Gasteiger partial charge in [-0.25, -0.2) is 4.98 Å². The Morgan fingerprint density at radius 2 is 1.71 bits per heavy atom. The Kier molecular flexibility index (Phi) is 2.54. The highest BCUT2D eigenvalue weighted by Crippen LogP contribution is 2.28. The molecule has 4 nitrogen and oxygen atoms in total. The van der Waals surface area contributed by atoms with Crippen molar-refractivity contribution in [1.29, 1.82) is 0 Å². The molecule has 0 spiro atoms. The van der Waals surface area contributed by atoms with Gasteiger partial charge in [-0.15, -0.1) is 0 Å². The highest BCUT2D eigenvalue weighted by molar-refractivity contribution is 5.96. The SMILES string of the molecule is O=c1[nH]cnc2ccc(-c3ccnc4ccccc34)cc12. The number of benzene rings is 2. The molecule has 0 aliphatic carbocycles. The van der Waals surface area contributed by atoms with E-state index < -0.39 is 0 Å². The van der Waals surface area contributed by atoms with E-state index in [4.69, 9.17) is 0 Å². The highest BCUT2D eigenvalue weighted by atomic mass is 16.1. The minimum atomic E-state index is -0.125. The van der Waals surface area contributed by atoms with E-state index in [1.54, 1.807) is 6.20 Å². The van der Waals surface area contributed by atoms with E-state index in [2.05, 4.69) is 15.0 Å². The van der Waals surface area contributed by atoms with Crippen molar-refractivity contribution in [2.45, 2.75) is 0 Å². The van der Waals surface area contributed by atoms with Gasteiger partial charge in [0.25, 0.3) is 5.56 Å². The van der Waals surface area contributed by atoms with Crippen LogP contribution in [0, 0.1) is 0 Å². The van der Waals surface area contributed by atoms with Crippen LogP contribution in [0.1, 0.15) is 0 Å². The second-order valence-electron chi connectivity index (χ2n) is 4.84. The normalized spacial score (nSPS) is 11.0. The maximum Gasteiger partial charge on any atom is 0.258 e. The van der Waals surface area contributed by atoms with Crippen molar-refractivity contribution in [3.8, 4) is 11.1 Å². The maximum atomic E-state index is 11.9. The highest BCUT2D eigenvalue weighted by Gasteiger charge is 2.06. The molecule has 2 aromatic carbocycles. The Bertz CT molecular complexity index is 1020. The smallest absolute Gasteiger partial charge is 0.258 e. The Morgan fingerprint density at radius 3 is 2.67 bits per heavy atom. The number of nitrogens with one attached hydrogen (secondary N) is 1.